The molecule has 0 aliphatic carbocycles. The van der Waals surface area contributed by atoms with Gasteiger partial charge in [-0.05, 0) is 0 Å². The van der Waals surface area contributed by atoms with Crippen molar-refractivity contribution in [3.63, 3.8) is 0 Å². The Kier molecular flexibility index (Phi) is 2.31. The summed E-state index contributed by atoms with van der Waals surface area (Å²) in [6.07, 6.45) is -1.56. The van der Waals surface area contributed by atoms with Crippen molar-refractivity contribution in [2.75, 3.05) is 0 Å². The zero-order valence-electron chi connectivity index (χ0n) is 6.35. The maximum atomic E-state index is 10.9. The van der Waals surface area contributed by atoms with Gasteiger partial charge >= 0.3 is 5.97 Å². The van der Waals surface area contributed by atoms with Crippen LogP contribution in [0.1, 0.15) is 12.8 Å². The van der Waals surface area contributed by atoms with E-state index in [1.807, 2.05) is 0 Å². The molecule has 2 N–H and O–H groups in total. The Labute approximate surface area is 75.0 Å². The second kappa shape index (κ2) is 3.00. The first-order valence-corrected chi connectivity index (χ1v) is 4.45. The second-order valence-electron chi connectivity index (χ2n) is 2.71. The summed E-state index contributed by atoms with van der Waals surface area (Å²) >= 11 is 0. The summed E-state index contributed by atoms with van der Waals surface area (Å²) in [6.45, 7) is 0. The number of aliphatic hydroxyl groups is 1. The fourth-order valence-electron chi connectivity index (χ4n) is 1.04. The first-order valence-electron chi connectivity index (χ1n) is 3.30. The van der Waals surface area contributed by atoms with Gasteiger partial charge in [0.25, 0.3) is 5.12 Å². The summed E-state index contributed by atoms with van der Waals surface area (Å²) in [6, 6.07) is 0. The standard InChI is InChI=1S/C6H6O6S/c7-3(8)1-6(11)2-4(9)13(12)5(6)10/h11H,1-2H2,(H,7,8). The molecular weight excluding hydrogens is 200 g/mol. The molecule has 0 bridgehead atoms. The van der Waals surface area contributed by atoms with Gasteiger partial charge in [-0.3, -0.25) is 14.4 Å². The first kappa shape index (κ1) is 10.0. The smallest absolute Gasteiger partial charge is 0.306 e. The summed E-state index contributed by atoms with van der Waals surface area (Å²) in [5.41, 5.74) is -2.27. The fourth-order valence-corrected chi connectivity index (χ4v) is 2.10. The number of rotatable bonds is 2. The van der Waals surface area contributed by atoms with Gasteiger partial charge in [-0.2, -0.15) is 0 Å². The maximum Gasteiger partial charge on any atom is 0.306 e. The molecule has 0 spiro atoms. The molecule has 1 saturated heterocycles. The molecule has 1 aliphatic rings. The van der Waals surface area contributed by atoms with Crippen LogP contribution in [-0.4, -0.2) is 36.2 Å². The van der Waals surface area contributed by atoms with Crippen LogP contribution in [0.3, 0.4) is 0 Å². The Morgan fingerprint density at radius 1 is 1.54 bits per heavy atom. The largest absolute Gasteiger partial charge is 0.481 e. The molecule has 0 aromatic rings. The lowest BCUT2D eigenvalue weighted by molar-refractivity contribution is -0.147. The minimum absolute atomic E-state index is 0.676. The third-order valence-electron chi connectivity index (χ3n) is 1.64. The highest BCUT2D eigenvalue weighted by atomic mass is 32.2. The summed E-state index contributed by atoms with van der Waals surface area (Å²) in [7, 11) is -2.39. The number of hydrogen-bond acceptors (Lipinski definition) is 5. The highest BCUT2D eigenvalue weighted by Crippen LogP contribution is 2.27. The molecule has 2 atom stereocenters. The zero-order valence-corrected chi connectivity index (χ0v) is 7.17. The average molecular weight is 206 g/mol. The molecule has 1 rings (SSSR count). The van der Waals surface area contributed by atoms with Crippen LogP contribution in [0.2, 0.25) is 0 Å². The number of carboxylic acid groups (broad SMARTS) is 1. The lowest BCUT2D eigenvalue weighted by Gasteiger charge is -2.14. The molecular formula is C6H6O6S. The van der Waals surface area contributed by atoms with Crippen molar-refractivity contribution in [2.24, 2.45) is 0 Å². The minimum atomic E-state index is -2.39. The molecule has 0 aromatic heterocycles. The Morgan fingerprint density at radius 2 is 2.08 bits per heavy atom. The predicted octanol–water partition coefficient (Wildman–Crippen LogP) is -1.60. The predicted molar refractivity (Wildman–Crippen MR) is 40.0 cm³/mol. The van der Waals surface area contributed by atoms with E-state index in [-0.39, 0.29) is 0 Å². The van der Waals surface area contributed by atoms with Crippen molar-refractivity contribution in [1.29, 1.82) is 0 Å². The highest BCUT2D eigenvalue weighted by Gasteiger charge is 2.52. The molecule has 1 heterocycles. The van der Waals surface area contributed by atoms with E-state index in [4.69, 9.17) is 5.11 Å². The Balaban J connectivity index is 2.94. The second-order valence-corrected chi connectivity index (χ2v) is 4.07. The van der Waals surface area contributed by atoms with Crippen molar-refractivity contribution in [2.45, 2.75) is 18.4 Å². The average Bonchev–Trinajstić information content (AvgIpc) is 2.14. The van der Waals surface area contributed by atoms with Gasteiger partial charge in [0.05, 0.1) is 12.8 Å². The Bertz CT molecular complexity index is 321. The number of carboxylic acids is 1. The van der Waals surface area contributed by atoms with Crippen LogP contribution in [0.25, 0.3) is 0 Å². The Morgan fingerprint density at radius 3 is 2.38 bits per heavy atom. The van der Waals surface area contributed by atoms with Crippen LogP contribution in [0, 0.1) is 0 Å². The van der Waals surface area contributed by atoms with E-state index >= 15 is 0 Å². The van der Waals surface area contributed by atoms with E-state index in [0.29, 0.717) is 0 Å². The number of hydrogen-bond donors (Lipinski definition) is 2. The topological polar surface area (TPSA) is 109 Å². The summed E-state index contributed by atoms with van der Waals surface area (Å²) in [5.74, 6) is -1.41. The molecule has 1 fully saturated rings. The molecule has 0 radical (unpaired) electrons. The van der Waals surface area contributed by atoms with Gasteiger partial charge in [-0.1, -0.05) is 0 Å². The van der Waals surface area contributed by atoms with E-state index in [9.17, 15) is 23.7 Å². The Hall–Kier alpha value is -1.08. The molecule has 7 heteroatoms. The van der Waals surface area contributed by atoms with Gasteiger partial charge in [0.1, 0.15) is 0 Å². The normalized spacial score (nSPS) is 33.8. The molecule has 13 heavy (non-hydrogen) atoms. The first-order chi connectivity index (χ1) is 5.87. The van der Waals surface area contributed by atoms with Gasteiger partial charge in [0.15, 0.2) is 16.4 Å². The van der Waals surface area contributed by atoms with Gasteiger partial charge in [-0.25, -0.2) is 4.21 Å². The summed E-state index contributed by atoms with van der Waals surface area (Å²) < 4.78 is 10.8. The third-order valence-corrected chi connectivity index (χ3v) is 2.91. The SMILES string of the molecule is O=C(O)CC1(O)CC(=O)S(=O)C1=O. The van der Waals surface area contributed by atoms with E-state index < -0.39 is 45.4 Å². The van der Waals surface area contributed by atoms with Crippen LogP contribution in [0.4, 0.5) is 0 Å². The molecule has 2 unspecified atom stereocenters. The van der Waals surface area contributed by atoms with Crippen LogP contribution >= 0.6 is 0 Å². The van der Waals surface area contributed by atoms with E-state index in [2.05, 4.69) is 0 Å². The zero-order chi connectivity index (χ0) is 10.2. The third kappa shape index (κ3) is 1.65. The van der Waals surface area contributed by atoms with Crippen molar-refractivity contribution in [1.82, 2.24) is 0 Å². The lowest BCUT2D eigenvalue weighted by Crippen LogP contribution is -2.37. The molecule has 0 aromatic carbocycles. The van der Waals surface area contributed by atoms with E-state index in [0.717, 1.165) is 0 Å². The van der Waals surface area contributed by atoms with Crippen LogP contribution in [0.5, 0.6) is 0 Å². The fraction of sp³-hybridized carbons (Fsp3) is 0.500. The van der Waals surface area contributed by atoms with Crippen LogP contribution < -0.4 is 0 Å². The van der Waals surface area contributed by atoms with Gasteiger partial charge in [-0.15, -0.1) is 0 Å². The van der Waals surface area contributed by atoms with Crippen molar-refractivity contribution >= 4 is 27.0 Å². The van der Waals surface area contributed by atoms with Gasteiger partial charge < -0.3 is 10.2 Å². The van der Waals surface area contributed by atoms with Crippen molar-refractivity contribution in [3.05, 3.63) is 0 Å². The molecule has 6 nitrogen and oxygen atoms in total. The maximum absolute atomic E-state index is 10.9. The van der Waals surface area contributed by atoms with Crippen LogP contribution in [-0.2, 0) is 25.2 Å². The number of carbonyl (C=O) groups is 3. The van der Waals surface area contributed by atoms with E-state index in [1.54, 1.807) is 0 Å². The molecule has 0 amide bonds. The molecule has 1 aliphatic heterocycles. The van der Waals surface area contributed by atoms with Crippen molar-refractivity contribution in [3.8, 4) is 0 Å². The lowest BCUT2D eigenvalue weighted by atomic mass is 9.99. The van der Waals surface area contributed by atoms with E-state index in [1.165, 1.54) is 0 Å². The van der Waals surface area contributed by atoms with Crippen molar-refractivity contribution < 1.29 is 28.8 Å². The minimum Gasteiger partial charge on any atom is -0.481 e. The number of carbonyl (C=O) groups excluding carboxylic acids is 2. The summed E-state index contributed by atoms with van der Waals surface area (Å²) in [4.78, 5) is 31.8. The molecule has 72 valence electrons. The van der Waals surface area contributed by atoms with Gasteiger partial charge in [0, 0.05) is 0 Å². The summed E-state index contributed by atoms with van der Waals surface area (Å²) in [5, 5.41) is 15.5. The highest BCUT2D eigenvalue weighted by molar-refractivity contribution is 8.14. The molecule has 0 saturated carbocycles. The van der Waals surface area contributed by atoms with Gasteiger partial charge in [0.2, 0.25) is 5.12 Å². The quantitative estimate of drug-likeness (QED) is 0.563. The number of aliphatic carboxylic acids is 1. The van der Waals surface area contributed by atoms with Crippen LogP contribution in [0.15, 0.2) is 0 Å². The monoisotopic (exact) mass is 206 g/mol.